The third-order valence-electron chi connectivity index (χ3n) is 5.00. The summed E-state index contributed by atoms with van der Waals surface area (Å²) in [5.74, 6) is -0.960. The molecule has 5 nitrogen and oxygen atoms in total. The van der Waals surface area contributed by atoms with Gasteiger partial charge in [0.05, 0.1) is 11.4 Å². The van der Waals surface area contributed by atoms with Crippen LogP contribution in [0.4, 0.5) is 14.5 Å². The van der Waals surface area contributed by atoms with Gasteiger partial charge in [0.1, 0.15) is 11.6 Å². The van der Waals surface area contributed by atoms with E-state index in [0.29, 0.717) is 5.16 Å². The molecule has 4 rings (SSSR count). The quantitative estimate of drug-likeness (QED) is 0.498. The Morgan fingerprint density at radius 1 is 1.27 bits per heavy atom. The van der Waals surface area contributed by atoms with E-state index in [9.17, 15) is 13.6 Å². The van der Waals surface area contributed by atoms with E-state index in [1.54, 1.807) is 11.3 Å². The molecule has 1 amide bonds. The van der Waals surface area contributed by atoms with Crippen LogP contribution in [0.2, 0.25) is 0 Å². The molecule has 2 heterocycles. The van der Waals surface area contributed by atoms with Crippen molar-refractivity contribution in [3.63, 3.8) is 0 Å². The Morgan fingerprint density at radius 2 is 2.10 bits per heavy atom. The molecule has 0 spiro atoms. The maximum atomic E-state index is 13.7. The van der Waals surface area contributed by atoms with Crippen LogP contribution in [-0.2, 0) is 24.2 Å². The summed E-state index contributed by atoms with van der Waals surface area (Å²) in [4.78, 5) is 13.7. The lowest BCUT2D eigenvalue weighted by Gasteiger charge is -2.13. The summed E-state index contributed by atoms with van der Waals surface area (Å²) in [7, 11) is 0. The molecule has 9 heteroatoms. The molecule has 30 heavy (non-hydrogen) atoms. The number of carbonyl (C=O) groups is 1. The number of nitrogens with zero attached hydrogens (tertiary/aromatic N) is 3. The maximum Gasteiger partial charge on any atom is 0.234 e. The Bertz CT molecular complexity index is 1060. The van der Waals surface area contributed by atoms with Crippen molar-refractivity contribution in [1.82, 2.24) is 14.8 Å². The van der Waals surface area contributed by atoms with Crippen LogP contribution in [0, 0.1) is 11.6 Å². The van der Waals surface area contributed by atoms with Crippen LogP contribution in [-0.4, -0.2) is 26.4 Å². The van der Waals surface area contributed by atoms with Gasteiger partial charge in [0.2, 0.25) is 5.91 Å². The normalized spacial score (nSPS) is 13.3. The molecule has 0 atom stereocenters. The predicted octanol–water partition coefficient (Wildman–Crippen LogP) is 5.30. The fraction of sp³-hybridized carbons (Fsp3) is 0.381. The van der Waals surface area contributed by atoms with Gasteiger partial charge in [-0.2, -0.15) is 0 Å². The van der Waals surface area contributed by atoms with Gasteiger partial charge in [-0.1, -0.05) is 18.7 Å². The van der Waals surface area contributed by atoms with Crippen molar-refractivity contribution in [1.29, 1.82) is 0 Å². The summed E-state index contributed by atoms with van der Waals surface area (Å²) in [6, 6.07) is 3.07. The summed E-state index contributed by atoms with van der Waals surface area (Å²) in [6.07, 6.45) is 5.54. The first kappa shape index (κ1) is 21.0. The van der Waals surface area contributed by atoms with Crippen LogP contribution in [0.25, 0.3) is 11.4 Å². The number of thiophene rings is 1. The molecule has 0 fully saturated rings. The van der Waals surface area contributed by atoms with Gasteiger partial charge >= 0.3 is 0 Å². The van der Waals surface area contributed by atoms with Gasteiger partial charge in [-0.3, -0.25) is 4.79 Å². The monoisotopic (exact) mass is 448 g/mol. The smallest absolute Gasteiger partial charge is 0.234 e. The molecule has 1 aliphatic carbocycles. The number of fused-ring (bicyclic) bond motifs is 1. The van der Waals surface area contributed by atoms with Gasteiger partial charge in [-0.25, -0.2) is 8.78 Å². The van der Waals surface area contributed by atoms with Crippen molar-refractivity contribution in [2.45, 2.75) is 50.7 Å². The molecule has 158 valence electrons. The number of halogens is 2. The predicted molar refractivity (Wildman–Crippen MR) is 116 cm³/mol. The molecule has 1 aliphatic rings. The summed E-state index contributed by atoms with van der Waals surface area (Å²) in [6.45, 7) is 2.84. The lowest BCUT2D eigenvalue weighted by Crippen LogP contribution is -2.15. The van der Waals surface area contributed by atoms with E-state index in [1.807, 2.05) is 0 Å². The molecular formula is C21H22F2N4OS2. The number of aryl methyl sites for hydroxylation is 1. The first-order valence-electron chi connectivity index (χ1n) is 9.97. The second-order valence-electron chi connectivity index (χ2n) is 7.18. The summed E-state index contributed by atoms with van der Waals surface area (Å²) < 4.78 is 28.8. The van der Waals surface area contributed by atoms with Crippen LogP contribution in [0.15, 0.2) is 28.7 Å². The van der Waals surface area contributed by atoms with Crippen molar-refractivity contribution < 1.29 is 13.6 Å². The highest BCUT2D eigenvalue weighted by Crippen LogP contribution is 2.37. The molecule has 0 aliphatic heterocycles. The van der Waals surface area contributed by atoms with Crippen molar-refractivity contribution in [3.05, 3.63) is 45.7 Å². The molecule has 0 radical (unpaired) electrons. The van der Waals surface area contributed by atoms with E-state index in [0.717, 1.165) is 49.3 Å². The minimum absolute atomic E-state index is 0.0392. The fourth-order valence-electron chi connectivity index (χ4n) is 3.61. The number of anilines is 1. The molecule has 0 saturated carbocycles. The number of rotatable bonds is 7. The fourth-order valence-corrected chi connectivity index (χ4v) is 5.50. The minimum Gasteiger partial charge on any atom is -0.323 e. The number of hydrogen-bond donors (Lipinski definition) is 1. The van der Waals surface area contributed by atoms with Crippen molar-refractivity contribution in [2.75, 3.05) is 11.1 Å². The standard InChI is InChI=1S/C21H22F2N4OS2/c1-2-9-27-20(15-11-29-18-6-4-3-5-14(15)18)25-26-21(27)30-12-19(28)24-17-8-7-13(22)10-16(17)23/h7-8,10-11H,2-6,9,12H2,1H3,(H,24,28). The topological polar surface area (TPSA) is 59.8 Å². The molecular weight excluding hydrogens is 426 g/mol. The zero-order valence-electron chi connectivity index (χ0n) is 16.6. The van der Waals surface area contributed by atoms with Gasteiger partial charge in [0, 0.05) is 28.4 Å². The third kappa shape index (κ3) is 4.41. The maximum absolute atomic E-state index is 13.7. The lowest BCUT2D eigenvalue weighted by molar-refractivity contribution is -0.113. The molecule has 0 saturated heterocycles. The number of amides is 1. The van der Waals surface area contributed by atoms with E-state index in [-0.39, 0.29) is 17.3 Å². The molecule has 0 unspecified atom stereocenters. The number of thioether (sulfide) groups is 1. The van der Waals surface area contributed by atoms with Crippen LogP contribution in [0.5, 0.6) is 0 Å². The lowest BCUT2D eigenvalue weighted by atomic mass is 9.95. The first-order chi connectivity index (χ1) is 14.6. The first-order valence-corrected chi connectivity index (χ1v) is 11.8. The van der Waals surface area contributed by atoms with Crippen LogP contribution in [0.3, 0.4) is 0 Å². The average Bonchev–Trinajstić information content (AvgIpc) is 3.33. The molecule has 2 aromatic heterocycles. The highest BCUT2D eigenvalue weighted by atomic mass is 32.2. The molecule has 1 N–H and O–H groups in total. The second kappa shape index (κ2) is 9.26. The van der Waals surface area contributed by atoms with E-state index < -0.39 is 11.6 Å². The Kier molecular flexibility index (Phi) is 6.48. The number of nitrogens with one attached hydrogen (secondary N) is 1. The van der Waals surface area contributed by atoms with Gasteiger partial charge in [-0.05, 0) is 49.8 Å². The Balaban J connectivity index is 1.49. The number of hydrogen-bond acceptors (Lipinski definition) is 5. The van der Waals surface area contributed by atoms with Gasteiger partial charge in [-0.15, -0.1) is 21.5 Å². The average molecular weight is 449 g/mol. The zero-order valence-corrected chi connectivity index (χ0v) is 18.2. The van der Waals surface area contributed by atoms with Crippen molar-refractivity contribution >= 4 is 34.7 Å². The van der Waals surface area contributed by atoms with E-state index in [1.165, 1.54) is 41.1 Å². The third-order valence-corrected chi connectivity index (χ3v) is 7.06. The number of carbonyl (C=O) groups excluding carboxylic acids is 1. The highest BCUT2D eigenvalue weighted by molar-refractivity contribution is 7.99. The van der Waals surface area contributed by atoms with Gasteiger partial charge < -0.3 is 9.88 Å². The van der Waals surface area contributed by atoms with Crippen molar-refractivity contribution in [3.8, 4) is 11.4 Å². The van der Waals surface area contributed by atoms with E-state index in [2.05, 4.69) is 32.4 Å². The highest BCUT2D eigenvalue weighted by Gasteiger charge is 2.22. The Hall–Kier alpha value is -2.26. The number of benzene rings is 1. The van der Waals surface area contributed by atoms with Crippen LogP contribution < -0.4 is 5.32 Å². The SMILES string of the molecule is CCCn1c(SCC(=O)Nc2ccc(F)cc2F)nnc1-c1csc2c1CCCC2. The number of aromatic nitrogens is 3. The minimum atomic E-state index is -0.799. The van der Waals surface area contributed by atoms with Crippen molar-refractivity contribution in [2.24, 2.45) is 0 Å². The van der Waals surface area contributed by atoms with Crippen LogP contribution in [0.1, 0.15) is 36.6 Å². The van der Waals surface area contributed by atoms with Gasteiger partial charge in [0.25, 0.3) is 0 Å². The molecule has 1 aromatic carbocycles. The van der Waals surface area contributed by atoms with Gasteiger partial charge in [0.15, 0.2) is 11.0 Å². The molecule has 3 aromatic rings. The Labute approximate surface area is 181 Å². The Morgan fingerprint density at radius 3 is 2.90 bits per heavy atom. The summed E-state index contributed by atoms with van der Waals surface area (Å²) in [5.41, 5.74) is 2.50. The summed E-state index contributed by atoms with van der Waals surface area (Å²) in [5, 5.41) is 14.1. The molecule has 0 bridgehead atoms. The summed E-state index contributed by atoms with van der Waals surface area (Å²) >= 11 is 3.05. The van der Waals surface area contributed by atoms with Crippen LogP contribution >= 0.6 is 23.1 Å². The van der Waals surface area contributed by atoms with E-state index in [4.69, 9.17) is 0 Å². The second-order valence-corrected chi connectivity index (χ2v) is 9.08. The van der Waals surface area contributed by atoms with E-state index >= 15 is 0 Å². The zero-order chi connectivity index (χ0) is 21.1. The largest absolute Gasteiger partial charge is 0.323 e.